The maximum Gasteiger partial charge on any atom is 0.287 e. The molecule has 1 aromatic heterocycles. The third kappa shape index (κ3) is 5.67. The summed E-state index contributed by atoms with van der Waals surface area (Å²) in [5.74, 6) is 0.345. The number of rotatable bonds is 8. The van der Waals surface area contributed by atoms with Gasteiger partial charge in [0.05, 0.1) is 11.9 Å². The second kappa shape index (κ2) is 7.80. The van der Waals surface area contributed by atoms with Gasteiger partial charge in [-0.3, -0.25) is 4.79 Å². The molecule has 0 radical (unpaired) electrons. The van der Waals surface area contributed by atoms with E-state index < -0.39 is 0 Å². The molecule has 120 valence electrons. The number of hydrogen-bond acceptors (Lipinski definition) is 4. The molecule has 0 saturated heterocycles. The van der Waals surface area contributed by atoms with Crippen LogP contribution >= 0.6 is 11.6 Å². The molecule has 0 aliphatic carbocycles. The molecule has 6 heteroatoms. The van der Waals surface area contributed by atoms with Crippen molar-refractivity contribution < 1.29 is 4.74 Å². The van der Waals surface area contributed by atoms with Crippen molar-refractivity contribution in [1.82, 2.24) is 9.78 Å². The standard InChI is InChI=1S/C15H26ClN3O2/c1-11(2)9-19-14(20)13(16)12(8-18-19)17-10-15(3,4)6-7-21-5/h8,11,17H,6-7,9-10H2,1-5H3. The number of aromatic nitrogens is 2. The summed E-state index contributed by atoms with van der Waals surface area (Å²) in [5.41, 5.74) is 0.392. The van der Waals surface area contributed by atoms with E-state index in [1.165, 1.54) is 4.68 Å². The van der Waals surface area contributed by atoms with Crippen LogP contribution in [0.15, 0.2) is 11.0 Å². The number of methoxy groups -OCH3 is 1. The molecular weight excluding hydrogens is 290 g/mol. The van der Waals surface area contributed by atoms with E-state index in [1.807, 2.05) is 13.8 Å². The van der Waals surface area contributed by atoms with Crippen molar-refractivity contribution in [2.75, 3.05) is 25.6 Å². The average molecular weight is 316 g/mol. The molecule has 0 atom stereocenters. The van der Waals surface area contributed by atoms with E-state index in [4.69, 9.17) is 16.3 Å². The second-order valence-electron chi connectivity index (χ2n) is 6.51. The van der Waals surface area contributed by atoms with Crippen molar-refractivity contribution in [2.45, 2.75) is 40.7 Å². The quantitative estimate of drug-likeness (QED) is 0.801. The highest BCUT2D eigenvalue weighted by molar-refractivity contribution is 6.32. The molecule has 0 aliphatic rings. The van der Waals surface area contributed by atoms with Gasteiger partial charge in [0, 0.05) is 26.8 Å². The minimum absolute atomic E-state index is 0.0478. The minimum Gasteiger partial charge on any atom is -0.385 e. The van der Waals surface area contributed by atoms with Crippen LogP contribution in [0.5, 0.6) is 0 Å². The lowest BCUT2D eigenvalue weighted by atomic mass is 9.89. The van der Waals surface area contributed by atoms with Crippen LogP contribution in [-0.2, 0) is 11.3 Å². The largest absolute Gasteiger partial charge is 0.385 e. The van der Waals surface area contributed by atoms with Crippen molar-refractivity contribution in [3.63, 3.8) is 0 Å². The predicted octanol–water partition coefficient (Wildman–Crippen LogP) is 3.03. The maximum absolute atomic E-state index is 12.1. The van der Waals surface area contributed by atoms with Gasteiger partial charge in [-0.05, 0) is 17.8 Å². The molecule has 21 heavy (non-hydrogen) atoms. The highest BCUT2D eigenvalue weighted by Gasteiger charge is 2.18. The Morgan fingerprint density at radius 1 is 1.48 bits per heavy atom. The number of ether oxygens (including phenoxy) is 1. The Bertz CT molecular complexity index is 512. The van der Waals surface area contributed by atoms with Gasteiger partial charge >= 0.3 is 0 Å². The van der Waals surface area contributed by atoms with Crippen LogP contribution in [0.25, 0.3) is 0 Å². The van der Waals surface area contributed by atoms with Crippen LogP contribution in [-0.4, -0.2) is 30.0 Å². The first-order chi connectivity index (χ1) is 9.76. The third-order valence-electron chi connectivity index (χ3n) is 3.26. The molecule has 1 heterocycles. The Hall–Kier alpha value is -1.07. The second-order valence-corrected chi connectivity index (χ2v) is 6.89. The molecule has 1 aromatic rings. The summed E-state index contributed by atoms with van der Waals surface area (Å²) in [6, 6.07) is 0. The van der Waals surface area contributed by atoms with Gasteiger partial charge in [-0.2, -0.15) is 5.10 Å². The van der Waals surface area contributed by atoms with Crippen molar-refractivity contribution >= 4 is 17.3 Å². The van der Waals surface area contributed by atoms with Crippen LogP contribution in [0.3, 0.4) is 0 Å². The molecule has 0 bridgehead atoms. The van der Waals surface area contributed by atoms with Crippen molar-refractivity contribution in [3.8, 4) is 0 Å². The van der Waals surface area contributed by atoms with Crippen LogP contribution in [0.1, 0.15) is 34.1 Å². The zero-order valence-electron chi connectivity index (χ0n) is 13.6. The molecule has 0 saturated carbocycles. The first-order valence-corrected chi connectivity index (χ1v) is 7.63. The summed E-state index contributed by atoms with van der Waals surface area (Å²) in [6.45, 7) is 10.3. The van der Waals surface area contributed by atoms with Gasteiger partial charge < -0.3 is 10.1 Å². The first kappa shape index (κ1) is 18.0. The Morgan fingerprint density at radius 2 is 2.14 bits per heavy atom. The van der Waals surface area contributed by atoms with E-state index in [0.717, 1.165) is 6.42 Å². The number of hydrogen-bond donors (Lipinski definition) is 1. The van der Waals surface area contributed by atoms with Gasteiger partial charge in [-0.15, -0.1) is 0 Å². The summed E-state index contributed by atoms with van der Waals surface area (Å²) >= 11 is 6.15. The molecule has 0 aromatic carbocycles. The van der Waals surface area contributed by atoms with Crippen molar-refractivity contribution in [3.05, 3.63) is 21.6 Å². The van der Waals surface area contributed by atoms with Gasteiger partial charge in [-0.25, -0.2) is 4.68 Å². The molecule has 0 spiro atoms. The fourth-order valence-electron chi connectivity index (χ4n) is 1.87. The van der Waals surface area contributed by atoms with Crippen LogP contribution in [0.2, 0.25) is 5.02 Å². The van der Waals surface area contributed by atoms with E-state index >= 15 is 0 Å². The molecule has 0 amide bonds. The zero-order valence-corrected chi connectivity index (χ0v) is 14.3. The van der Waals surface area contributed by atoms with E-state index in [2.05, 4.69) is 24.3 Å². The normalized spacial score (nSPS) is 12.0. The van der Waals surface area contributed by atoms with E-state index in [1.54, 1.807) is 13.3 Å². The van der Waals surface area contributed by atoms with E-state index in [9.17, 15) is 4.79 Å². The third-order valence-corrected chi connectivity index (χ3v) is 3.63. The Balaban J connectivity index is 2.77. The monoisotopic (exact) mass is 315 g/mol. The van der Waals surface area contributed by atoms with Gasteiger partial charge in [0.25, 0.3) is 5.56 Å². The topological polar surface area (TPSA) is 56.1 Å². The first-order valence-electron chi connectivity index (χ1n) is 7.25. The fraction of sp³-hybridized carbons (Fsp3) is 0.733. The lowest BCUT2D eigenvalue weighted by molar-refractivity contribution is 0.157. The molecule has 5 nitrogen and oxygen atoms in total. The van der Waals surface area contributed by atoms with E-state index in [-0.39, 0.29) is 16.0 Å². The number of nitrogens with one attached hydrogen (secondary N) is 1. The summed E-state index contributed by atoms with van der Waals surface area (Å²) in [7, 11) is 1.69. The van der Waals surface area contributed by atoms with Gasteiger partial charge in [0.15, 0.2) is 0 Å². The zero-order chi connectivity index (χ0) is 16.0. The maximum atomic E-state index is 12.1. The van der Waals surface area contributed by atoms with Crippen LogP contribution < -0.4 is 10.9 Å². The van der Waals surface area contributed by atoms with Crippen molar-refractivity contribution in [1.29, 1.82) is 0 Å². The number of nitrogens with zero attached hydrogens (tertiary/aromatic N) is 2. The molecule has 0 fully saturated rings. The Labute approximate surface area is 131 Å². The molecule has 0 unspecified atom stereocenters. The molecule has 0 aliphatic heterocycles. The molecule has 1 rings (SSSR count). The molecular formula is C15H26ClN3O2. The average Bonchev–Trinajstić information content (AvgIpc) is 2.40. The van der Waals surface area contributed by atoms with Crippen molar-refractivity contribution in [2.24, 2.45) is 11.3 Å². The van der Waals surface area contributed by atoms with Crippen LogP contribution in [0.4, 0.5) is 5.69 Å². The van der Waals surface area contributed by atoms with Gasteiger partial charge in [-0.1, -0.05) is 39.3 Å². The number of halogens is 1. The van der Waals surface area contributed by atoms with Gasteiger partial charge in [0.1, 0.15) is 5.02 Å². The number of anilines is 1. The molecule has 1 N–H and O–H groups in total. The summed E-state index contributed by atoms with van der Waals surface area (Å²) in [4.78, 5) is 12.1. The summed E-state index contributed by atoms with van der Waals surface area (Å²) in [6.07, 6.45) is 2.55. The SMILES string of the molecule is COCCC(C)(C)CNc1cnn(CC(C)C)c(=O)c1Cl. The fourth-order valence-corrected chi connectivity index (χ4v) is 2.08. The minimum atomic E-state index is -0.245. The van der Waals surface area contributed by atoms with E-state index in [0.29, 0.717) is 31.3 Å². The Kier molecular flexibility index (Phi) is 6.68. The van der Waals surface area contributed by atoms with Gasteiger partial charge in [0.2, 0.25) is 0 Å². The summed E-state index contributed by atoms with van der Waals surface area (Å²) in [5, 5.41) is 7.60. The lowest BCUT2D eigenvalue weighted by Crippen LogP contribution is -2.28. The summed E-state index contributed by atoms with van der Waals surface area (Å²) < 4.78 is 6.52. The Morgan fingerprint density at radius 3 is 2.71 bits per heavy atom. The lowest BCUT2D eigenvalue weighted by Gasteiger charge is -2.25. The smallest absolute Gasteiger partial charge is 0.287 e. The predicted molar refractivity (Wildman–Crippen MR) is 87.1 cm³/mol. The van der Waals surface area contributed by atoms with Crippen LogP contribution in [0, 0.1) is 11.3 Å². The highest BCUT2D eigenvalue weighted by atomic mass is 35.5. The highest BCUT2D eigenvalue weighted by Crippen LogP contribution is 2.23.